The molecule has 1 aliphatic rings. The third-order valence-electron chi connectivity index (χ3n) is 3.40. The number of unbranched alkanes of at least 4 members (excludes halogenated alkanes) is 2. The summed E-state index contributed by atoms with van der Waals surface area (Å²) in [5.74, 6) is 0.948. The third kappa shape index (κ3) is 5.91. The first-order valence-electron chi connectivity index (χ1n) is 5.92. The summed E-state index contributed by atoms with van der Waals surface area (Å²) >= 11 is -1.18. The van der Waals surface area contributed by atoms with Crippen LogP contribution in [0.4, 0.5) is 2.96 Å². The van der Waals surface area contributed by atoms with Gasteiger partial charge in [-0.2, -0.15) is 0 Å². The van der Waals surface area contributed by atoms with Crippen molar-refractivity contribution in [3.8, 4) is 0 Å². The van der Waals surface area contributed by atoms with Gasteiger partial charge in [0.2, 0.25) is 0 Å². The quantitative estimate of drug-likeness (QED) is 0.504. The lowest BCUT2D eigenvalue weighted by molar-refractivity contribution is 0.325. The highest BCUT2D eigenvalue weighted by Crippen LogP contribution is 2.34. The molecule has 1 aliphatic carbocycles. The molecule has 0 saturated heterocycles. The van der Waals surface area contributed by atoms with Crippen LogP contribution in [-0.2, 0) is 0 Å². The minimum absolute atomic E-state index is 0. The second-order valence-electron chi connectivity index (χ2n) is 4.54. The summed E-state index contributed by atoms with van der Waals surface area (Å²) in [7, 11) is 0. The second kappa shape index (κ2) is 9.41. The Labute approximate surface area is 109 Å². The highest BCUT2D eigenvalue weighted by molar-refractivity contribution is 8.93. The van der Waals surface area contributed by atoms with Gasteiger partial charge in [-0.1, -0.05) is 62.3 Å². The van der Waals surface area contributed by atoms with E-state index in [2.05, 4.69) is 6.92 Å². The zero-order valence-electron chi connectivity index (χ0n) is 9.30. The van der Waals surface area contributed by atoms with Crippen LogP contribution >= 0.6 is 17.0 Å². The maximum Gasteiger partial charge on any atom is 0.618 e. The second-order valence-corrected chi connectivity index (χ2v) is 6.00. The van der Waals surface area contributed by atoms with Gasteiger partial charge in [0.05, 0.1) is 0 Å². The molecular formula is C11H22BrFMg. The molecule has 0 bridgehead atoms. The number of hydrogen-bond donors (Lipinski definition) is 0. The van der Waals surface area contributed by atoms with Gasteiger partial charge in [0.1, 0.15) is 0 Å². The van der Waals surface area contributed by atoms with Crippen LogP contribution in [0.15, 0.2) is 0 Å². The summed E-state index contributed by atoms with van der Waals surface area (Å²) in [5, 5.41) is 0. The predicted molar refractivity (Wildman–Crippen MR) is 67.0 cm³/mol. The van der Waals surface area contributed by atoms with Gasteiger partial charge < -0.3 is 2.96 Å². The van der Waals surface area contributed by atoms with E-state index in [1.165, 1.54) is 51.4 Å². The summed E-state index contributed by atoms with van der Waals surface area (Å²) in [4.78, 5) is 0. The smallest absolute Gasteiger partial charge is 0.486 e. The molecule has 0 atom stereocenters. The summed E-state index contributed by atoms with van der Waals surface area (Å²) in [6.07, 6.45) is 10.6. The van der Waals surface area contributed by atoms with Crippen LogP contribution in [0.5, 0.6) is 0 Å². The molecule has 0 nitrogen and oxygen atoms in total. The molecule has 0 amide bonds. The van der Waals surface area contributed by atoms with Crippen molar-refractivity contribution in [2.24, 2.45) is 5.92 Å². The van der Waals surface area contributed by atoms with E-state index in [1.54, 1.807) is 0 Å². The zero-order chi connectivity index (χ0) is 9.52. The Bertz CT molecular complexity index is 122. The fraction of sp³-hybridized carbons (Fsp3) is 1.00. The van der Waals surface area contributed by atoms with Gasteiger partial charge in [-0.05, 0) is 5.92 Å². The fourth-order valence-corrected chi connectivity index (χ4v) is 3.14. The molecule has 0 radical (unpaired) electrons. The highest BCUT2D eigenvalue weighted by Gasteiger charge is 2.22. The SMILES string of the molecule is Br.CCCCCC1CC[CH]([Mg][F])CC1. The first-order valence-corrected chi connectivity index (χ1v) is 7.27. The monoisotopic (exact) mass is 276 g/mol. The van der Waals surface area contributed by atoms with Gasteiger partial charge in [0, 0.05) is 0 Å². The average molecular weight is 278 g/mol. The van der Waals surface area contributed by atoms with Crippen LogP contribution in [0.1, 0.15) is 58.3 Å². The summed E-state index contributed by atoms with van der Waals surface area (Å²) < 4.78 is 13.0. The Hall–Kier alpha value is 1.18. The van der Waals surface area contributed by atoms with Crippen molar-refractivity contribution in [2.75, 3.05) is 0 Å². The lowest BCUT2D eigenvalue weighted by Gasteiger charge is -2.26. The summed E-state index contributed by atoms with van der Waals surface area (Å²) in [6, 6.07) is 0. The lowest BCUT2D eigenvalue weighted by atomic mass is 9.85. The molecule has 0 unspecified atom stereocenters. The van der Waals surface area contributed by atoms with E-state index in [4.69, 9.17) is 0 Å². The molecule has 0 aromatic rings. The Balaban J connectivity index is 0.00000169. The largest absolute Gasteiger partial charge is 0.618 e. The van der Waals surface area contributed by atoms with Crippen LogP contribution in [0.25, 0.3) is 0 Å². The topological polar surface area (TPSA) is 0 Å². The number of halogens is 2. The third-order valence-corrected chi connectivity index (χ3v) is 4.65. The summed E-state index contributed by atoms with van der Waals surface area (Å²) in [5.41, 5.74) is 0. The zero-order valence-corrected chi connectivity index (χ0v) is 12.4. The molecule has 0 aliphatic heterocycles. The average Bonchev–Trinajstić information content (AvgIpc) is 2.19. The van der Waals surface area contributed by atoms with E-state index < -0.39 is 20.9 Å². The van der Waals surface area contributed by atoms with E-state index >= 15 is 0 Å². The van der Waals surface area contributed by atoms with E-state index in [0.29, 0.717) is 4.05 Å². The first kappa shape index (κ1) is 15.2. The van der Waals surface area contributed by atoms with Crippen molar-refractivity contribution < 1.29 is 2.96 Å². The van der Waals surface area contributed by atoms with Gasteiger partial charge in [-0.15, -0.1) is 17.0 Å². The van der Waals surface area contributed by atoms with Crippen LogP contribution in [0.3, 0.4) is 0 Å². The Morgan fingerprint density at radius 1 is 1.14 bits per heavy atom. The van der Waals surface area contributed by atoms with E-state index in [-0.39, 0.29) is 17.0 Å². The molecule has 14 heavy (non-hydrogen) atoms. The van der Waals surface area contributed by atoms with Crippen LogP contribution < -0.4 is 0 Å². The molecule has 0 aromatic carbocycles. The molecule has 0 aromatic heterocycles. The molecular weight excluding hydrogens is 255 g/mol. The minimum atomic E-state index is -1.18. The normalized spacial score (nSPS) is 26.4. The molecule has 0 spiro atoms. The summed E-state index contributed by atoms with van der Waals surface area (Å²) in [6.45, 7) is 2.26. The fourth-order valence-electron chi connectivity index (χ4n) is 2.36. The lowest BCUT2D eigenvalue weighted by Crippen LogP contribution is -2.13. The molecule has 1 rings (SSSR count). The molecule has 82 valence electrons. The maximum atomic E-state index is 12.5. The molecule has 3 heteroatoms. The van der Waals surface area contributed by atoms with Crippen molar-refractivity contribution in [2.45, 2.75) is 62.3 Å². The maximum absolute atomic E-state index is 12.5. The van der Waals surface area contributed by atoms with Crippen molar-refractivity contribution in [3.63, 3.8) is 0 Å². The molecule has 0 heterocycles. The van der Waals surface area contributed by atoms with Crippen molar-refractivity contribution in [1.82, 2.24) is 0 Å². The van der Waals surface area contributed by atoms with Crippen LogP contribution in [0, 0.1) is 5.92 Å². The standard InChI is InChI=1S/C11H21.BrH.FH.Mg/c1-2-3-5-8-11-9-6-4-7-10-11;;;/h4,11H,2-3,5-10H2,1H3;2*1H;/q;;;+1/p-1. The first-order chi connectivity index (χ1) is 6.36. The predicted octanol–water partition coefficient (Wildman–Crippen LogP) is 4.71. The molecule has 0 N–H and O–H groups in total. The number of hydrogen-bond acceptors (Lipinski definition) is 0. The molecule has 1 fully saturated rings. The van der Waals surface area contributed by atoms with Crippen molar-refractivity contribution in [1.29, 1.82) is 0 Å². The Kier molecular flexibility index (Phi) is 10.2. The van der Waals surface area contributed by atoms with E-state index in [9.17, 15) is 2.96 Å². The van der Waals surface area contributed by atoms with Crippen LogP contribution in [0.2, 0.25) is 4.05 Å². The molecule has 1 saturated carbocycles. The van der Waals surface area contributed by atoms with Crippen molar-refractivity contribution in [3.05, 3.63) is 0 Å². The minimum Gasteiger partial charge on any atom is -0.486 e. The number of rotatable bonds is 5. The van der Waals surface area contributed by atoms with Crippen molar-refractivity contribution >= 4 is 37.9 Å². The Morgan fingerprint density at radius 2 is 1.79 bits per heavy atom. The van der Waals surface area contributed by atoms with Gasteiger partial charge in [-0.25, -0.2) is 0 Å². The van der Waals surface area contributed by atoms with Gasteiger partial charge in [-0.3, -0.25) is 0 Å². The van der Waals surface area contributed by atoms with Gasteiger partial charge in [0.25, 0.3) is 0 Å². The highest BCUT2D eigenvalue weighted by atomic mass is 79.9. The van der Waals surface area contributed by atoms with Gasteiger partial charge in [0.15, 0.2) is 0 Å². The van der Waals surface area contributed by atoms with Gasteiger partial charge >= 0.3 is 20.9 Å². The van der Waals surface area contributed by atoms with Crippen LogP contribution in [-0.4, -0.2) is 20.9 Å². The van der Waals surface area contributed by atoms with E-state index in [0.717, 1.165) is 5.92 Å². The van der Waals surface area contributed by atoms with E-state index in [1.807, 2.05) is 0 Å². The Morgan fingerprint density at radius 3 is 2.29 bits per heavy atom.